The van der Waals surface area contributed by atoms with E-state index >= 15 is 0 Å². The lowest BCUT2D eigenvalue weighted by atomic mass is 10.0. The highest BCUT2D eigenvalue weighted by Gasteiger charge is 2.03. The van der Waals surface area contributed by atoms with Gasteiger partial charge in [-0.05, 0) is 41.8 Å². The van der Waals surface area contributed by atoms with E-state index in [2.05, 4.69) is 12.1 Å². The molecule has 2 N–H and O–H groups in total. The highest BCUT2D eigenvalue weighted by atomic mass is 16.3. The smallest absolute Gasteiger partial charge is 0.111 e. The molecule has 0 aliphatic heterocycles. The van der Waals surface area contributed by atoms with Crippen LogP contribution in [0.25, 0.3) is 0 Å². The van der Waals surface area contributed by atoms with Crippen LogP contribution in [0.5, 0.6) is 0 Å². The van der Waals surface area contributed by atoms with Crippen LogP contribution >= 0.6 is 0 Å². The van der Waals surface area contributed by atoms with Gasteiger partial charge in [-0.2, -0.15) is 0 Å². The summed E-state index contributed by atoms with van der Waals surface area (Å²) in [5.41, 5.74) is 8.25. The standard InChI is InChI=1S/C11H16N2O/c1-2-3-10-8-9(6-7-12)4-5-11(10)13-14/h4-5,8H,2-3,6-7,12H2,1H3. The van der Waals surface area contributed by atoms with Crippen LogP contribution in [0.2, 0.25) is 0 Å². The van der Waals surface area contributed by atoms with Crippen molar-refractivity contribution < 1.29 is 0 Å². The van der Waals surface area contributed by atoms with Crippen molar-refractivity contribution in [1.29, 1.82) is 0 Å². The van der Waals surface area contributed by atoms with Gasteiger partial charge in [-0.3, -0.25) is 0 Å². The number of rotatable bonds is 5. The quantitative estimate of drug-likeness (QED) is 0.729. The van der Waals surface area contributed by atoms with E-state index < -0.39 is 0 Å². The number of hydrogen-bond donors (Lipinski definition) is 1. The molecule has 3 heteroatoms. The van der Waals surface area contributed by atoms with Gasteiger partial charge in [0.05, 0.1) is 0 Å². The molecule has 0 aliphatic carbocycles. The lowest BCUT2D eigenvalue weighted by molar-refractivity contribution is 0.909. The van der Waals surface area contributed by atoms with E-state index in [4.69, 9.17) is 5.73 Å². The number of benzene rings is 1. The third-order valence-corrected chi connectivity index (χ3v) is 2.19. The molecule has 3 nitrogen and oxygen atoms in total. The van der Waals surface area contributed by atoms with Gasteiger partial charge in [0.2, 0.25) is 0 Å². The summed E-state index contributed by atoms with van der Waals surface area (Å²) in [5, 5.41) is 3.01. The number of hydrogen-bond acceptors (Lipinski definition) is 3. The molecule has 1 aromatic carbocycles. The van der Waals surface area contributed by atoms with E-state index in [9.17, 15) is 4.91 Å². The zero-order valence-electron chi connectivity index (χ0n) is 8.49. The van der Waals surface area contributed by atoms with Crippen LogP contribution in [-0.2, 0) is 12.8 Å². The molecule has 0 bridgehead atoms. The van der Waals surface area contributed by atoms with Gasteiger partial charge in [0.25, 0.3) is 0 Å². The number of aryl methyl sites for hydroxylation is 1. The Morgan fingerprint density at radius 2 is 2.14 bits per heavy atom. The van der Waals surface area contributed by atoms with E-state index in [0.29, 0.717) is 12.2 Å². The van der Waals surface area contributed by atoms with Crippen LogP contribution in [-0.4, -0.2) is 6.54 Å². The summed E-state index contributed by atoms with van der Waals surface area (Å²) in [6, 6.07) is 5.73. The highest BCUT2D eigenvalue weighted by Crippen LogP contribution is 2.22. The summed E-state index contributed by atoms with van der Waals surface area (Å²) in [6.45, 7) is 2.73. The van der Waals surface area contributed by atoms with Crippen LogP contribution in [0.4, 0.5) is 5.69 Å². The molecule has 0 atom stereocenters. The monoisotopic (exact) mass is 192 g/mol. The first kappa shape index (κ1) is 10.9. The maximum Gasteiger partial charge on any atom is 0.111 e. The van der Waals surface area contributed by atoms with Crippen LogP contribution in [0, 0.1) is 4.91 Å². The van der Waals surface area contributed by atoms with Gasteiger partial charge in [-0.25, -0.2) is 0 Å². The first-order valence-electron chi connectivity index (χ1n) is 4.97. The zero-order valence-corrected chi connectivity index (χ0v) is 8.49. The topological polar surface area (TPSA) is 55.4 Å². The molecule has 0 spiro atoms. The molecule has 0 fully saturated rings. The zero-order chi connectivity index (χ0) is 10.4. The van der Waals surface area contributed by atoms with Crippen LogP contribution < -0.4 is 5.73 Å². The summed E-state index contributed by atoms with van der Waals surface area (Å²) in [5.74, 6) is 0. The molecule has 76 valence electrons. The van der Waals surface area contributed by atoms with Crippen LogP contribution in [0.3, 0.4) is 0 Å². The highest BCUT2D eigenvalue weighted by molar-refractivity contribution is 5.47. The van der Waals surface area contributed by atoms with Crippen molar-refractivity contribution in [2.75, 3.05) is 6.54 Å². The lowest BCUT2D eigenvalue weighted by Gasteiger charge is -2.05. The summed E-state index contributed by atoms with van der Waals surface area (Å²) in [6.07, 6.45) is 2.78. The normalized spacial score (nSPS) is 10.1. The Hall–Kier alpha value is -1.22. The SMILES string of the molecule is CCCc1cc(CCN)ccc1N=O. The van der Waals surface area contributed by atoms with Gasteiger partial charge in [0.15, 0.2) is 0 Å². The van der Waals surface area contributed by atoms with Crippen LogP contribution in [0.1, 0.15) is 24.5 Å². The van der Waals surface area contributed by atoms with E-state index in [-0.39, 0.29) is 0 Å². The molecule has 0 radical (unpaired) electrons. The number of nitrogens with two attached hydrogens (primary N) is 1. The molecule has 0 saturated heterocycles. The second-order valence-electron chi connectivity index (χ2n) is 3.34. The minimum atomic E-state index is 0.563. The fraction of sp³-hybridized carbons (Fsp3) is 0.455. The van der Waals surface area contributed by atoms with Crippen molar-refractivity contribution in [2.45, 2.75) is 26.2 Å². The second-order valence-corrected chi connectivity index (χ2v) is 3.34. The van der Waals surface area contributed by atoms with Crippen molar-refractivity contribution in [1.82, 2.24) is 0 Å². The number of nitrogens with zero attached hydrogens (tertiary/aromatic N) is 1. The average molecular weight is 192 g/mol. The molecule has 0 aliphatic rings. The van der Waals surface area contributed by atoms with Gasteiger partial charge in [0, 0.05) is 0 Å². The molecule has 0 saturated carbocycles. The fourth-order valence-corrected chi connectivity index (χ4v) is 1.52. The Balaban J connectivity index is 2.94. The molecule has 0 unspecified atom stereocenters. The summed E-state index contributed by atoms with van der Waals surface area (Å²) < 4.78 is 0. The van der Waals surface area contributed by atoms with Crippen LogP contribution in [0.15, 0.2) is 23.4 Å². The first-order chi connectivity index (χ1) is 6.81. The van der Waals surface area contributed by atoms with Crippen molar-refractivity contribution in [2.24, 2.45) is 10.9 Å². The summed E-state index contributed by atoms with van der Waals surface area (Å²) >= 11 is 0. The number of nitroso groups, excluding NO2 is 1. The molecule has 0 aromatic heterocycles. The minimum Gasteiger partial charge on any atom is -0.330 e. The molecule has 14 heavy (non-hydrogen) atoms. The minimum absolute atomic E-state index is 0.563. The first-order valence-corrected chi connectivity index (χ1v) is 4.97. The molecule has 0 amide bonds. The largest absolute Gasteiger partial charge is 0.330 e. The Morgan fingerprint density at radius 1 is 1.36 bits per heavy atom. The summed E-state index contributed by atoms with van der Waals surface area (Å²) in [7, 11) is 0. The van der Waals surface area contributed by atoms with Crippen molar-refractivity contribution >= 4 is 5.69 Å². The third kappa shape index (κ3) is 2.64. The maximum absolute atomic E-state index is 10.5. The van der Waals surface area contributed by atoms with Gasteiger partial charge in [0.1, 0.15) is 5.69 Å². The maximum atomic E-state index is 10.5. The molecule has 1 rings (SSSR count). The van der Waals surface area contributed by atoms with E-state index in [1.807, 2.05) is 12.1 Å². The third-order valence-electron chi connectivity index (χ3n) is 2.19. The van der Waals surface area contributed by atoms with E-state index in [0.717, 1.165) is 24.8 Å². The van der Waals surface area contributed by atoms with Gasteiger partial charge < -0.3 is 5.73 Å². The van der Waals surface area contributed by atoms with Crippen molar-refractivity contribution in [3.63, 3.8) is 0 Å². The lowest BCUT2D eigenvalue weighted by Crippen LogP contribution is -2.03. The van der Waals surface area contributed by atoms with Crippen molar-refractivity contribution in [3.05, 3.63) is 34.2 Å². The molecular weight excluding hydrogens is 176 g/mol. The summed E-state index contributed by atoms with van der Waals surface area (Å²) in [4.78, 5) is 10.5. The van der Waals surface area contributed by atoms with Gasteiger partial charge in [-0.15, -0.1) is 4.91 Å². The molecular formula is C11H16N2O. The fourth-order valence-electron chi connectivity index (χ4n) is 1.52. The molecule has 0 heterocycles. The van der Waals surface area contributed by atoms with E-state index in [1.54, 1.807) is 6.07 Å². The Morgan fingerprint density at radius 3 is 2.71 bits per heavy atom. The van der Waals surface area contributed by atoms with Gasteiger partial charge >= 0.3 is 0 Å². The predicted octanol–water partition coefficient (Wildman–Crippen LogP) is 2.54. The molecule has 1 aromatic rings. The van der Waals surface area contributed by atoms with Crippen molar-refractivity contribution in [3.8, 4) is 0 Å². The van der Waals surface area contributed by atoms with E-state index in [1.165, 1.54) is 5.56 Å². The Labute approximate surface area is 84.3 Å². The second kappa shape index (κ2) is 5.50. The van der Waals surface area contributed by atoms with Gasteiger partial charge in [-0.1, -0.05) is 25.5 Å². The average Bonchev–Trinajstić information content (AvgIpc) is 2.19. The predicted molar refractivity (Wildman–Crippen MR) is 58.7 cm³/mol. The Bertz CT molecular complexity index is 310. The Kier molecular flexibility index (Phi) is 4.26.